The Kier molecular flexibility index (Phi) is 4.85. The molecule has 4 rings (SSSR count). The van der Waals surface area contributed by atoms with Gasteiger partial charge in [-0.1, -0.05) is 5.16 Å². The van der Waals surface area contributed by atoms with Crippen LogP contribution in [0.15, 0.2) is 52.1 Å². The third-order valence-corrected chi connectivity index (χ3v) is 4.35. The maximum atomic E-state index is 5.94. The Labute approximate surface area is 145 Å². The van der Waals surface area contributed by atoms with Crippen LogP contribution in [0.1, 0.15) is 24.3 Å². The molecule has 0 saturated carbocycles. The van der Waals surface area contributed by atoms with E-state index >= 15 is 0 Å². The van der Waals surface area contributed by atoms with Crippen molar-refractivity contribution in [1.82, 2.24) is 20.0 Å². The molecule has 0 atom stereocenters. The molecule has 0 bridgehead atoms. The highest BCUT2D eigenvalue weighted by Gasteiger charge is 2.21. The molecule has 0 aliphatic carbocycles. The SMILES string of the molecule is c1cncc(-c2noc(COC3CCN(Cc4ccoc4)CC3)n2)c1. The molecule has 3 aromatic rings. The van der Waals surface area contributed by atoms with Crippen molar-refractivity contribution in [3.63, 3.8) is 0 Å². The first kappa shape index (κ1) is 16.0. The summed E-state index contributed by atoms with van der Waals surface area (Å²) in [5.41, 5.74) is 2.05. The first-order valence-corrected chi connectivity index (χ1v) is 8.45. The Bertz CT molecular complexity index is 765. The average molecular weight is 340 g/mol. The molecule has 1 saturated heterocycles. The highest BCUT2D eigenvalue weighted by Crippen LogP contribution is 2.19. The van der Waals surface area contributed by atoms with Gasteiger partial charge in [-0.05, 0) is 31.0 Å². The van der Waals surface area contributed by atoms with Crippen molar-refractivity contribution < 1.29 is 13.7 Å². The molecular formula is C18H20N4O3. The molecule has 7 nitrogen and oxygen atoms in total. The summed E-state index contributed by atoms with van der Waals surface area (Å²) in [4.78, 5) is 10.8. The Balaban J connectivity index is 1.24. The maximum Gasteiger partial charge on any atom is 0.252 e. The molecule has 3 aromatic heterocycles. The second kappa shape index (κ2) is 7.58. The number of aromatic nitrogens is 3. The largest absolute Gasteiger partial charge is 0.472 e. The summed E-state index contributed by atoms with van der Waals surface area (Å²) in [6.45, 7) is 3.31. The fourth-order valence-corrected chi connectivity index (χ4v) is 2.99. The van der Waals surface area contributed by atoms with E-state index in [9.17, 15) is 0 Å². The zero-order chi connectivity index (χ0) is 16.9. The summed E-state index contributed by atoms with van der Waals surface area (Å²) >= 11 is 0. The van der Waals surface area contributed by atoms with Crippen LogP contribution >= 0.6 is 0 Å². The van der Waals surface area contributed by atoms with Crippen molar-refractivity contribution in [2.24, 2.45) is 0 Å². The van der Waals surface area contributed by atoms with E-state index in [1.54, 1.807) is 24.9 Å². The van der Waals surface area contributed by atoms with E-state index in [1.165, 1.54) is 5.56 Å². The van der Waals surface area contributed by atoms with Crippen molar-refractivity contribution >= 4 is 0 Å². The lowest BCUT2D eigenvalue weighted by Gasteiger charge is -2.31. The van der Waals surface area contributed by atoms with E-state index in [2.05, 4.69) is 20.0 Å². The summed E-state index contributed by atoms with van der Waals surface area (Å²) in [6.07, 6.45) is 9.18. The number of likely N-dealkylation sites (tertiary alicyclic amines) is 1. The predicted molar refractivity (Wildman–Crippen MR) is 89.3 cm³/mol. The first-order valence-electron chi connectivity index (χ1n) is 8.45. The molecule has 1 aliphatic rings. The van der Waals surface area contributed by atoms with Crippen molar-refractivity contribution in [1.29, 1.82) is 0 Å². The molecule has 0 spiro atoms. The van der Waals surface area contributed by atoms with Gasteiger partial charge < -0.3 is 13.7 Å². The minimum atomic E-state index is 0.231. The fraction of sp³-hybridized carbons (Fsp3) is 0.389. The standard InChI is InChI=1S/C18H20N4O3/c1-2-15(10-19-6-1)18-20-17(25-21-18)13-24-16-3-7-22(8-4-16)11-14-5-9-23-12-14/h1-2,5-6,9-10,12,16H,3-4,7-8,11,13H2. The molecule has 0 amide bonds. The molecule has 4 heterocycles. The molecular weight excluding hydrogens is 320 g/mol. The molecule has 0 aromatic carbocycles. The van der Waals surface area contributed by atoms with E-state index in [4.69, 9.17) is 13.7 Å². The number of pyridine rings is 1. The van der Waals surface area contributed by atoms with Crippen LogP contribution in [0.4, 0.5) is 0 Å². The monoisotopic (exact) mass is 340 g/mol. The van der Waals surface area contributed by atoms with Gasteiger partial charge in [-0.2, -0.15) is 4.98 Å². The van der Waals surface area contributed by atoms with Crippen LogP contribution in [0.2, 0.25) is 0 Å². The number of piperidine rings is 1. The number of hydrogen-bond acceptors (Lipinski definition) is 7. The summed E-state index contributed by atoms with van der Waals surface area (Å²) in [7, 11) is 0. The van der Waals surface area contributed by atoms with Crippen LogP contribution in [0, 0.1) is 0 Å². The van der Waals surface area contributed by atoms with E-state index in [-0.39, 0.29) is 6.10 Å². The van der Waals surface area contributed by atoms with Crippen LogP contribution in [0.25, 0.3) is 11.4 Å². The highest BCUT2D eigenvalue weighted by molar-refractivity contribution is 5.51. The Morgan fingerprint density at radius 3 is 2.92 bits per heavy atom. The van der Waals surface area contributed by atoms with Gasteiger partial charge in [-0.3, -0.25) is 9.88 Å². The molecule has 25 heavy (non-hydrogen) atoms. The van der Waals surface area contributed by atoms with Gasteiger partial charge in [-0.25, -0.2) is 0 Å². The van der Waals surface area contributed by atoms with Crippen molar-refractivity contribution in [2.45, 2.75) is 32.1 Å². The first-order chi connectivity index (χ1) is 12.4. The van der Waals surface area contributed by atoms with Gasteiger partial charge in [0.2, 0.25) is 5.82 Å². The van der Waals surface area contributed by atoms with Gasteiger partial charge in [0.15, 0.2) is 0 Å². The normalized spacial score (nSPS) is 16.3. The van der Waals surface area contributed by atoms with Gasteiger partial charge in [0.1, 0.15) is 6.61 Å². The van der Waals surface area contributed by atoms with Crippen molar-refractivity contribution in [3.05, 3.63) is 54.6 Å². The van der Waals surface area contributed by atoms with Crippen molar-refractivity contribution in [3.8, 4) is 11.4 Å². The highest BCUT2D eigenvalue weighted by atomic mass is 16.5. The molecule has 0 radical (unpaired) electrons. The molecule has 1 fully saturated rings. The van der Waals surface area contributed by atoms with Gasteiger partial charge in [0.05, 0.1) is 18.6 Å². The van der Waals surface area contributed by atoms with Crippen LogP contribution in [0.5, 0.6) is 0 Å². The van der Waals surface area contributed by atoms with Gasteiger partial charge in [-0.15, -0.1) is 0 Å². The second-order valence-electron chi connectivity index (χ2n) is 6.17. The fourth-order valence-electron chi connectivity index (χ4n) is 2.99. The molecule has 0 N–H and O–H groups in total. The van der Waals surface area contributed by atoms with E-state index < -0.39 is 0 Å². The van der Waals surface area contributed by atoms with Crippen LogP contribution < -0.4 is 0 Å². The summed E-state index contributed by atoms with van der Waals surface area (Å²) in [6, 6.07) is 5.76. The zero-order valence-electron chi connectivity index (χ0n) is 13.9. The third kappa shape index (κ3) is 4.12. The molecule has 7 heteroatoms. The average Bonchev–Trinajstić information content (AvgIpc) is 3.34. The van der Waals surface area contributed by atoms with E-state index in [1.807, 2.05) is 18.2 Å². The topological polar surface area (TPSA) is 77.4 Å². The number of nitrogens with zero attached hydrogens (tertiary/aromatic N) is 4. The number of furan rings is 1. The number of ether oxygens (including phenoxy) is 1. The zero-order valence-corrected chi connectivity index (χ0v) is 13.9. The van der Waals surface area contributed by atoms with Crippen LogP contribution in [-0.2, 0) is 17.9 Å². The van der Waals surface area contributed by atoms with Gasteiger partial charge in [0.25, 0.3) is 5.89 Å². The molecule has 130 valence electrons. The molecule has 1 aliphatic heterocycles. The second-order valence-corrected chi connectivity index (χ2v) is 6.17. The predicted octanol–water partition coefficient (Wildman–Crippen LogP) is 2.91. The number of rotatable bonds is 6. The quantitative estimate of drug-likeness (QED) is 0.683. The smallest absolute Gasteiger partial charge is 0.252 e. The Hall–Kier alpha value is -2.51. The minimum absolute atomic E-state index is 0.231. The van der Waals surface area contributed by atoms with Gasteiger partial charge >= 0.3 is 0 Å². The van der Waals surface area contributed by atoms with Gasteiger partial charge in [0, 0.05) is 43.2 Å². The maximum absolute atomic E-state index is 5.94. The summed E-state index contributed by atoms with van der Waals surface area (Å²) in [5.74, 6) is 1.04. The van der Waals surface area contributed by atoms with Crippen LogP contribution in [-0.4, -0.2) is 39.2 Å². The lowest BCUT2D eigenvalue weighted by atomic mass is 10.1. The molecule has 0 unspecified atom stereocenters. The Morgan fingerprint density at radius 1 is 1.24 bits per heavy atom. The summed E-state index contributed by atoms with van der Waals surface area (Å²) in [5, 5.41) is 3.98. The minimum Gasteiger partial charge on any atom is -0.472 e. The number of hydrogen-bond donors (Lipinski definition) is 0. The third-order valence-electron chi connectivity index (χ3n) is 4.35. The van der Waals surface area contributed by atoms with Crippen LogP contribution in [0.3, 0.4) is 0 Å². The Morgan fingerprint density at radius 2 is 2.16 bits per heavy atom. The lowest BCUT2D eigenvalue weighted by molar-refractivity contribution is -0.0137. The van der Waals surface area contributed by atoms with E-state index in [0.717, 1.165) is 38.0 Å². The van der Waals surface area contributed by atoms with E-state index in [0.29, 0.717) is 18.3 Å². The summed E-state index contributed by atoms with van der Waals surface area (Å²) < 4.78 is 16.3. The lowest BCUT2D eigenvalue weighted by Crippen LogP contribution is -2.36. The van der Waals surface area contributed by atoms with Crippen molar-refractivity contribution in [2.75, 3.05) is 13.1 Å².